The summed E-state index contributed by atoms with van der Waals surface area (Å²) in [6.45, 7) is 0. The Morgan fingerprint density at radius 3 is 2.04 bits per heavy atom. The van der Waals surface area contributed by atoms with Gasteiger partial charge in [-0.05, 0) is 41.8 Å². The van der Waals surface area contributed by atoms with Crippen LogP contribution in [0.4, 0.5) is 23.1 Å². The van der Waals surface area contributed by atoms with Crippen LogP contribution in [0.2, 0.25) is 0 Å². The van der Waals surface area contributed by atoms with Gasteiger partial charge in [-0.2, -0.15) is 4.98 Å². The Bertz CT molecular complexity index is 1060. The van der Waals surface area contributed by atoms with Crippen LogP contribution in [-0.4, -0.2) is 9.97 Å². The van der Waals surface area contributed by atoms with Gasteiger partial charge in [-0.3, -0.25) is 0 Å². The van der Waals surface area contributed by atoms with Gasteiger partial charge in [0, 0.05) is 23.0 Å². The zero-order chi connectivity index (χ0) is 19.3. The van der Waals surface area contributed by atoms with Crippen molar-refractivity contribution in [2.24, 2.45) is 0 Å². The second kappa shape index (κ2) is 7.80. The highest BCUT2D eigenvalue weighted by atomic mass is 15.1. The lowest BCUT2D eigenvalue weighted by Crippen LogP contribution is -2.01. The molecule has 4 rings (SSSR count). The van der Waals surface area contributed by atoms with E-state index in [2.05, 4.69) is 39.6 Å². The molecule has 0 spiro atoms. The van der Waals surface area contributed by atoms with Gasteiger partial charge < -0.3 is 16.8 Å². The highest BCUT2D eigenvalue weighted by Gasteiger charge is 2.05. The van der Waals surface area contributed by atoms with Gasteiger partial charge in [-0.25, -0.2) is 4.98 Å². The van der Waals surface area contributed by atoms with Crippen molar-refractivity contribution in [3.8, 4) is 11.3 Å². The first-order valence-corrected chi connectivity index (χ1v) is 9.06. The van der Waals surface area contributed by atoms with Gasteiger partial charge in [-0.1, -0.05) is 54.6 Å². The van der Waals surface area contributed by atoms with Crippen LogP contribution in [0.5, 0.6) is 0 Å². The van der Waals surface area contributed by atoms with Gasteiger partial charge in [0.25, 0.3) is 0 Å². The topological polar surface area (TPSA) is 89.8 Å². The molecule has 0 atom stereocenters. The molecule has 0 amide bonds. The van der Waals surface area contributed by atoms with E-state index < -0.39 is 0 Å². The number of hydrogen-bond donors (Lipinski definition) is 3. The quantitative estimate of drug-likeness (QED) is 0.447. The van der Waals surface area contributed by atoms with Gasteiger partial charge in [0.2, 0.25) is 5.95 Å². The third-order valence-electron chi connectivity index (χ3n) is 4.43. The molecule has 138 valence electrons. The van der Waals surface area contributed by atoms with Gasteiger partial charge in [0.15, 0.2) is 0 Å². The van der Waals surface area contributed by atoms with Crippen LogP contribution >= 0.6 is 0 Å². The maximum atomic E-state index is 5.90. The second-order valence-corrected chi connectivity index (χ2v) is 6.60. The van der Waals surface area contributed by atoms with Crippen molar-refractivity contribution in [2.45, 2.75) is 6.42 Å². The van der Waals surface area contributed by atoms with E-state index in [1.54, 1.807) is 0 Å². The molecule has 0 radical (unpaired) electrons. The van der Waals surface area contributed by atoms with Crippen molar-refractivity contribution < 1.29 is 0 Å². The predicted molar refractivity (Wildman–Crippen MR) is 115 cm³/mol. The van der Waals surface area contributed by atoms with E-state index in [-0.39, 0.29) is 5.95 Å². The molecular formula is C23H21N5. The molecule has 3 aromatic carbocycles. The first-order valence-electron chi connectivity index (χ1n) is 9.06. The third-order valence-corrected chi connectivity index (χ3v) is 4.43. The number of benzene rings is 3. The Morgan fingerprint density at radius 1 is 0.714 bits per heavy atom. The zero-order valence-electron chi connectivity index (χ0n) is 15.3. The van der Waals surface area contributed by atoms with Crippen molar-refractivity contribution in [3.63, 3.8) is 0 Å². The maximum absolute atomic E-state index is 5.90. The fourth-order valence-corrected chi connectivity index (χ4v) is 3.01. The van der Waals surface area contributed by atoms with Crippen LogP contribution in [0.1, 0.15) is 11.1 Å². The fourth-order valence-electron chi connectivity index (χ4n) is 3.01. The molecule has 0 aliphatic rings. The molecule has 0 saturated heterocycles. The van der Waals surface area contributed by atoms with Crippen LogP contribution in [0.3, 0.4) is 0 Å². The van der Waals surface area contributed by atoms with Crippen molar-refractivity contribution in [2.75, 3.05) is 16.8 Å². The molecular weight excluding hydrogens is 346 g/mol. The largest absolute Gasteiger partial charge is 0.399 e. The lowest BCUT2D eigenvalue weighted by Gasteiger charge is -2.10. The molecule has 1 aromatic heterocycles. The minimum absolute atomic E-state index is 0.240. The van der Waals surface area contributed by atoms with E-state index in [1.807, 2.05) is 60.7 Å². The summed E-state index contributed by atoms with van der Waals surface area (Å²) in [6, 6.07) is 28.0. The van der Waals surface area contributed by atoms with E-state index in [0.717, 1.165) is 29.1 Å². The molecule has 0 fully saturated rings. The van der Waals surface area contributed by atoms with Crippen LogP contribution in [0, 0.1) is 0 Å². The minimum atomic E-state index is 0.240. The summed E-state index contributed by atoms with van der Waals surface area (Å²) in [6.07, 6.45) is 0.860. The van der Waals surface area contributed by atoms with E-state index in [4.69, 9.17) is 11.5 Å². The second-order valence-electron chi connectivity index (χ2n) is 6.60. The number of rotatable bonds is 5. The molecule has 28 heavy (non-hydrogen) atoms. The number of nitrogens with one attached hydrogen (secondary N) is 1. The van der Waals surface area contributed by atoms with Crippen LogP contribution in [0.25, 0.3) is 11.3 Å². The SMILES string of the molecule is Nc1ccc(Cc2ccc(Nc3cc(-c4ccccc4)nc(N)n3)cc2)cc1. The van der Waals surface area contributed by atoms with Gasteiger partial charge >= 0.3 is 0 Å². The summed E-state index contributed by atoms with van der Waals surface area (Å²) in [5.74, 6) is 0.904. The lowest BCUT2D eigenvalue weighted by atomic mass is 10.0. The molecule has 0 aliphatic carbocycles. The highest BCUT2D eigenvalue weighted by molar-refractivity contribution is 5.67. The molecule has 5 heteroatoms. The van der Waals surface area contributed by atoms with Crippen molar-refractivity contribution >= 4 is 23.1 Å². The Kier molecular flexibility index (Phi) is 4.89. The smallest absolute Gasteiger partial charge is 0.222 e. The number of hydrogen-bond acceptors (Lipinski definition) is 5. The van der Waals surface area contributed by atoms with Crippen molar-refractivity contribution in [3.05, 3.63) is 96.1 Å². The molecule has 0 aliphatic heterocycles. The van der Waals surface area contributed by atoms with E-state index in [1.165, 1.54) is 11.1 Å². The standard InChI is InChI=1S/C23H21N5/c24-19-10-6-16(7-11-19)14-17-8-12-20(13-9-17)26-22-15-21(27-23(25)28-22)18-4-2-1-3-5-18/h1-13,15H,14,24H2,(H3,25,26,27,28). The Hall–Kier alpha value is -3.86. The van der Waals surface area contributed by atoms with E-state index in [9.17, 15) is 0 Å². The Morgan fingerprint density at radius 2 is 1.36 bits per heavy atom. The first kappa shape index (κ1) is 17.5. The maximum Gasteiger partial charge on any atom is 0.222 e. The van der Waals surface area contributed by atoms with Gasteiger partial charge in [0.1, 0.15) is 5.82 Å². The number of nitrogens with zero attached hydrogens (tertiary/aromatic N) is 2. The van der Waals surface area contributed by atoms with Crippen molar-refractivity contribution in [1.29, 1.82) is 0 Å². The molecule has 5 nitrogen and oxygen atoms in total. The molecule has 4 aromatic rings. The number of nitrogen functional groups attached to an aromatic ring is 2. The fraction of sp³-hybridized carbons (Fsp3) is 0.0435. The summed E-state index contributed by atoms with van der Waals surface area (Å²) >= 11 is 0. The average Bonchev–Trinajstić information content (AvgIpc) is 2.71. The monoisotopic (exact) mass is 367 g/mol. The highest BCUT2D eigenvalue weighted by Crippen LogP contribution is 2.23. The summed E-state index contributed by atoms with van der Waals surface area (Å²) in [5.41, 5.74) is 17.6. The number of anilines is 4. The molecule has 5 N–H and O–H groups in total. The Balaban J connectivity index is 1.50. The first-order chi connectivity index (χ1) is 13.7. The average molecular weight is 367 g/mol. The van der Waals surface area contributed by atoms with Gasteiger partial charge in [-0.15, -0.1) is 0 Å². The third kappa shape index (κ3) is 4.27. The molecule has 0 unspecified atom stereocenters. The summed E-state index contributed by atoms with van der Waals surface area (Å²) in [5, 5.41) is 3.31. The lowest BCUT2D eigenvalue weighted by molar-refractivity contribution is 1.18. The summed E-state index contributed by atoms with van der Waals surface area (Å²) in [7, 11) is 0. The van der Waals surface area contributed by atoms with Gasteiger partial charge in [0.05, 0.1) is 5.69 Å². The van der Waals surface area contributed by atoms with E-state index >= 15 is 0 Å². The van der Waals surface area contributed by atoms with Crippen molar-refractivity contribution in [1.82, 2.24) is 9.97 Å². The molecule has 1 heterocycles. The number of aromatic nitrogens is 2. The molecule has 0 bridgehead atoms. The molecule has 0 saturated carbocycles. The van der Waals surface area contributed by atoms with Crippen LogP contribution < -0.4 is 16.8 Å². The normalized spacial score (nSPS) is 10.6. The predicted octanol–water partition coefficient (Wildman–Crippen LogP) is 4.64. The zero-order valence-corrected chi connectivity index (χ0v) is 15.3. The van der Waals surface area contributed by atoms with E-state index in [0.29, 0.717) is 5.82 Å². The van der Waals surface area contributed by atoms with Crippen LogP contribution in [-0.2, 0) is 6.42 Å². The minimum Gasteiger partial charge on any atom is -0.399 e. The summed E-state index contributed by atoms with van der Waals surface area (Å²) < 4.78 is 0. The van der Waals surface area contributed by atoms with Crippen LogP contribution in [0.15, 0.2) is 84.9 Å². The Labute approximate surface area is 164 Å². The number of nitrogens with two attached hydrogens (primary N) is 2. The summed E-state index contributed by atoms with van der Waals surface area (Å²) in [4.78, 5) is 8.63.